The predicted molar refractivity (Wildman–Crippen MR) is 74.2 cm³/mol. The second-order valence-corrected chi connectivity index (χ2v) is 4.14. The van der Waals surface area contributed by atoms with Crippen LogP contribution in [-0.4, -0.2) is 37.3 Å². The van der Waals surface area contributed by atoms with Crippen LogP contribution in [0.2, 0.25) is 0 Å². The lowest BCUT2D eigenvalue weighted by Crippen LogP contribution is -2.19. The van der Waals surface area contributed by atoms with E-state index in [0.717, 1.165) is 29.4 Å². The van der Waals surface area contributed by atoms with Gasteiger partial charge >= 0.3 is 0 Å². The Morgan fingerprint density at radius 3 is 2.68 bits per heavy atom. The van der Waals surface area contributed by atoms with Crippen molar-refractivity contribution in [2.45, 2.75) is 6.54 Å². The Labute approximate surface area is 113 Å². The smallest absolute Gasteiger partial charge is 0.120 e. The first-order chi connectivity index (χ1) is 9.33. The summed E-state index contributed by atoms with van der Waals surface area (Å²) in [5.74, 6) is 1.77. The second-order valence-electron chi connectivity index (χ2n) is 4.14. The molecule has 0 aliphatic heterocycles. The highest BCUT2D eigenvalue weighted by molar-refractivity contribution is 5.59. The molecule has 0 saturated heterocycles. The maximum absolute atomic E-state index is 5.14. The molecule has 2 rings (SSSR count). The van der Waals surface area contributed by atoms with Crippen LogP contribution in [0.5, 0.6) is 5.75 Å². The second kappa shape index (κ2) is 6.92. The van der Waals surface area contributed by atoms with Gasteiger partial charge in [-0.25, -0.2) is 4.98 Å². The van der Waals surface area contributed by atoms with Crippen molar-refractivity contribution < 1.29 is 9.47 Å². The van der Waals surface area contributed by atoms with Crippen molar-refractivity contribution in [3.8, 4) is 17.0 Å². The van der Waals surface area contributed by atoms with E-state index in [1.807, 2.05) is 30.5 Å². The van der Waals surface area contributed by atoms with Gasteiger partial charge in [-0.3, -0.25) is 0 Å². The van der Waals surface area contributed by atoms with Crippen molar-refractivity contribution in [3.63, 3.8) is 0 Å². The lowest BCUT2D eigenvalue weighted by Gasteiger charge is -2.02. The van der Waals surface area contributed by atoms with E-state index >= 15 is 0 Å². The van der Waals surface area contributed by atoms with Crippen LogP contribution in [0.3, 0.4) is 0 Å². The van der Waals surface area contributed by atoms with Crippen LogP contribution in [0.15, 0.2) is 30.5 Å². The quantitative estimate of drug-likeness (QED) is 0.746. The fourth-order valence-electron chi connectivity index (χ4n) is 1.75. The van der Waals surface area contributed by atoms with Gasteiger partial charge in [0.05, 0.1) is 32.2 Å². The molecule has 0 aliphatic carbocycles. The number of nitrogens with one attached hydrogen (secondary N) is 2. The van der Waals surface area contributed by atoms with Crippen LogP contribution in [0.4, 0.5) is 0 Å². The largest absolute Gasteiger partial charge is 0.497 e. The first kappa shape index (κ1) is 13.6. The van der Waals surface area contributed by atoms with E-state index in [1.54, 1.807) is 14.2 Å². The van der Waals surface area contributed by atoms with Crippen LogP contribution in [0.25, 0.3) is 11.3 Å². The molecule has 0 radical (unpaired) electrons. The van der Waals surface area contributed by atoms with Crippen molar-refractivity contribution in [1.82, 2.24) is 15.3 Å². The van der Waals surface area contributed by atoms with Crippen molar-refractivity contribution in [1.29, 1.82) is 0 Å². The summed E-state index contributed by atoms with van der Waals surface area (Å²) in [4.78, 5) is 7.63. The monoisotopic (exact) mass is 261 g/mol. The Morgan fingerprint density at radius 1 is 1.21 bits per heavy atom. The summed E-state index contributed by atoms with van der Waals surface area (Å²) in [6, 6.07) is 7.89. The van der Waals surface area contributed by atoms with Crippen LogP contribution < -0.4 is 10.1 Å². The highest BCUT2D eigenvalue weighted by Gasteiger charge is 2.03. The zero-order valence-corrected chi connectivity index (χ0v) is 11.3. The van der Waals surface area contributed by atoms with Gasteiger partial charge in [0.1, 0.15) is 11.6 Å². The zero-order valence-electron chi connectivity index (χ0n) is 11.3. The normalized spacial score (nSPS) is 10.6. The minimum absolute atomic E-state index is 0.700. The third-order valence-corrected chi connectivity index (χ3v) is 2.80. The average Bonchev–Trinajstić information content (AvgIpc) is 2.92. The minimum Gasteiger partial charge on any atom is -0.497 e. The van der Waals surface area contributed by atoms with Crippen LogP contribution in [0.1, 0.15) is 5.82 Å². The molecule has 5 heteroatoms. The Hall–Kier alpha value is -1.85. The Bertz CT molecular complexity index is 494. The standard InChI is InChI=1S/C14H19N3O2/c1-18-8-7-15-10-14-16-9-13(17-14)11-3-5-12(19-2)6-4-11/h3-6,9,15H,7-8,10H2,1-2H3,(H,16,17). The molecule has 0 spiro atoms. The number of imidazole rings is 1. The third kappa shape index (κ3) is 3.81. The lowest BCUT2D eigenvalue weighted by atomic mass is 10.2. The van der Waals surface area contributed by atoms with E-state index in [4.69, 9.17) is 9.47 Å². The molecule has 0 saturated carbocycles. The molecule has 1 aromatic carbocycles. The number of aromatic amines is 1. The highest BCUT2D eigenvalue weighted by Crippen LogP contribution is 2.20. The number of hydrogen-bond donors (Lipinski definition) is 2. The molecule has 0 bridgehead atoms. The molecule has 0 unspecified atom stereocenters. The molecule has 2 N–H and O–H groups in total. The first-order valence-corrected chi connectivity index (χ1v) is 6.21. The van der Waals surface area contributed by atoms with Crippen molar-refractivity contribution in [2.24, 2.45) is 0 Å². The van der Waals surface area contributed by atoms with E-state index < -0.39 is 0 Å². The summed E-state index contributed by atoms with van der Waals surface area (Å²) >= 11 is 0. The molecule has 1 heterocycles. The minimum atomic E-state index is 0.700. The number of rotatable bonds is 7. The fraction of sp³-hybridized carbons (Fsp3) is 0.357. The van der Waals surface area contributed by atoms with Crippen LogP contribution >= 0.6 is 0 Å². The Balaban J connectivity index is 1.95. The van der Waals surface area contributed by atoms with Crippen LogP contribution in [-0.2, 0) is 11.3 Å². The van der Waals surface area contributed by atoms with Gasteiger partial charge in [0, 0.05) is 13.7 Å². The van der Waals surface area contributed by atoms with Gasteiger partial charge in [0.25, 0.3) is 0 Å². The van der Waals surface area contributed by atoms with E-state index in [-0.39, 0.29) is 0 Å². The molecule has 0 aliphatic rings. The van der Waals surface area contributed by atoms with Gasteiger partial charge in [-0.2, -0.15) is 0 Å². The summed E-state index contributed by atoms with van der Waals surface area (Å²) < 4.78 is 10.1. The molecular weight excluding hydrogens is 242 g/mol. The molecule has 0 fully saturated rings. The number of nitrogens with zero attached hydrogens (tertiary/aromatic N) is 1. The summed E-state index contributed by atoms with van der Waals surface area (Å²) in [6.45, 7) is 2.22. The highest BCUT2D eigenvalue weighted by atomic mass is 16.5. The molecule has 1 aromatic heterocycles. The fourth-order valence-corrected chi connectivity index (χ4v) is 1.75. The van der Waals surface area contributed by atoms with Gasteiger partial charge in [0.15, 0.2) is 0 Å². The summed E-state index contributed by atoms with van der Waals surface area (Å²) in [5, 5.41) is 3.25. The average molecular weight is 261 g/mol. The molecule has 0 atom stereocenters. The first-order valence-electron chi connectivity index (χ1n) is 6.21. The topological polar surface area (TPSA) is 59.2 Å². The molecule has 102 valence electrons. The summed E-state index contributed by atoms with van der Waals surface area (Å²) in [5.41, 5.74) is 2.10. The summed E-state index contributed by atoms with van der Waals surface area (Å²) in [7, 11) is 3.35. The van der Waals surface area contributed by atoms with Crippen molar-refractivity contribution in [3.05, 3.63) is 36.3 Å². The summed E-state index contributed by atoms with van der Waals surface area (Å²) in [6.07, 6.45) is 1.84. The maximum Gasteiger partial charge on any atom is 0.120 e. The lowest BCUT2D eigenvalue weighted by molar-refractivity contribution is 0.199. The van der Waals surface area contributed by atoms with Crippen molar-refractivity contribution >= 4 is 0 Å². The Morgan fingerprint density at radius 2 is 2.00 bits per heavy atom. The van der Waals surface area contributed by atoms with E-state index in [0.29, 0.717) is 13.2 Å². The van der Waals surface area contributed by atoms with E-state index in [9.17, 15) is 0 Å². The van der Waals surface area contributed by atoms with Gasteiger partial charge < -0.3 is 19.8 Å². The van der Waals surface area contributed by atoms with Gasteiger partial charge in [0.2, 0.25) is 0 Å². The Kier molecular flexibility index (Phi) is 4.94. The zero-order chi connectivity index (χ0) is 13.5. The number of hydrogen-bond acceptors (Lipinski definition) is 4. The van der Waals surface area contributed by atoms with Gasteiger partial charge in [-0.15, -0.1) is 0 Å². The van der Waals surface area contributed by atoms with E-state index in [2.05, 4.69) is 15.3 Å². The number of methoxy groups -OCH3 is 2. The van der Waals surface area contributed by atoms with Gasteiger partial charge in [-0.05, 0) is 29.8 Å². The molecule has 2 aromatic rings. The number of aromatic nitrogens is 2. The third-order valence-electron chi connectivity index (χ3n) is 2.80. The molecule has 5 nitrogen and oxygen atoms in total. The van der Waals surface area contributed by atoms with Gasteiger partial charge in [-0.1, -0.05) is 0 Å². The van der Waals surface area contributed by atoms with Crippen LogP contribution in [0, 0.1) is 0 Å². The number of ether oxygens (including phenoxy) is 2. The van der Waals surface area contributed by atoms with Crippen molar-refractivity contribution in [2.75, 3.05) is 27.4 Å². The SMILES string of the molecule is COCCNCc1ncc(-c2ccc(OC)cc2)[nH]1. The molecular formula is C14H19N3O2. The predicted octanol–water partition coefficient (Wildman–Crippen LogP) is 1.82. The number of H-pyrrole nitrogens is 1. The van der Waals surface area contributed by atoms with E-state index in [1.165, 1.54) is 0 Å². The number of benzene rings is 1. The maximum atomic E-state index is 5.14. The molecule has 0 amide bonds. The molecule has 19 heavy (non-hydrogen) atoms.